The van der Waals surface area contributed by atoms with Gasteiger partial charge in [0.15, 0.2) is 0 Å². The molecule has 6 nitrogen and oxygen atoms in total. The van der Waals surface area contributed by atoms with Gasteiger partial charge in [0.1, 0.15) is 0 Å². The van der Waals surface area contributed by atoms with Gasteiger partial charge < -0.3 is 15.6 Å². The van der Waals surface area contributed by atoms with Gasteiger partial charge in [-0.25, -0.2) is 4.98 Å². The molecule has 1 aromatic heterocycles. The van der Waals surface area contributed by atoms with Crippen molar-refractivity contribution in [2.24, 2.45) is 12.8 Å². The Hall–Kier alpha value is -3.15. The predicted octanol–water partition coefficient (Wildman–Crippen LogP) is 1.85. The molecule has 0 atom stereocenters. The van der Waals surface area contributed by atoms with Gasteiger partial charge in [0.25, 0.3) is 5.91 Å². The molecule has 1 heterocycles. The number of hydrogen-bond donors (Lipinski definition) is 2. The Morgan fingerprint density at radius 1 is 1.17 bits per heavy atom. The third kappa shape index (κ3) is 3.21. The third-order valence-electron chi connectivity index (χ3n) is 3.58. The smallest absolute Gasteiger partial charge is 0.255 e. The number of benzene rings is 2. The second-order valence-electron chi connectivity index (χ2n) is 5.35. The first-order valence-electron chi connectivity index (χ1n) is 7.12. The first kappa shape index (κ1) is 14.8. The molecule has 0 bridgehead atoms. The van der Waals surface area contributed by atoms with Crippen molar-refractivity contribution < 1.29 is 9.59 Å². The number of fused-ring (bicyclic) bond motifs is 1. The maximum atomic E-state index is 12.3. The van der Waals surface area contributed by atoms with E-state index in [-0.39, 0.29) is 18.2 Å². The molecule has 2 aromatic carbocycles. The van der Waals surface area contributed by atoms with E-state index in [0.717, 1.165) is 16.6 Å². The lowest BCUT2D eigenvalue weighted by atomic mass is 10.1. The highest BCUT2D eigenvalue weighted by Crippen LogP contribution is 2.16. The summed E-state index contributed by atoms with van der Waals surface area (Å²) in [6.45, 7) is 0. The van der Waals surface area contributed by atoms with Crippen LogP contribution in [0.25, 0.3) is 11.0 Å². The fourth-order valence-corrected chi connectivity index (χ4v) is 2.39. The summed E-state index contributed by atoms with van der Waals surface area (Å²) < 4.78 is 1.90. The summed E-state index contributed by atoms with van der Waals surface area (Å²) in [5.41, 5.74) is 8.90. The highest BCUT2D eigenvalue weighted by molar-refractivity contribution is 6.05. The van der Waals surface area contributed by atoms with Crippen molar-refractivity contribution in [1.29, 1.82) is 0 Å². The molecule has 0 saturated heterocycles. The van der Waals surface area contributed by atoms with Gasteiger partial charge in [-0.1, -0.05) is 12.1 Å². The molecule has 0 radical (unpaired) electrons. The summed E-state index contributed by atoms with van der Waals surface area (Å²) in [4.78, 5) is 27.4. The number of carbonyl (C=O) groups is 2. The van der Waals surface area contributed by atoms with Crippen LogP contribution in [-0.2, 0) is 18.3 Å². The zero-order valence-electron chi connectivity index (χ0n) is 12.6. The summed E-state index contributed by atoms with van der Waals surface area (Å²) >= 11 is 0. The number of nitrogens with one attached hydrogen (secondary N) is 1. The molecule has 3 N–H and O–H groups in total. The van der Waals surface area contributed by atoms with E-state index in [1.54, 1.807) is 42.7 Å². The van der Waals surface area contributed by atoms with Gasteiger partial charge in [-0.3, -0.25) is 9.59 Å². The molecule has 116 valence electrons. The van der Waals surface area contributed by atoms with E-state index >= 15 is 0 Å². The number of aromatic nitrogens is 2. The van der Waals surface area contributed by atoms with Gasteiger partial charge in [-0.2, -0.15) is 0 Å². The SMILES string of the molecule is Cn1cnc2cc(C(=O)Nc3ccc(CC(N)=O)cc3)ccc21. The highest BCUT2D eigenvalue weighted by Gasteiger charge is 2.09. The molecular weight excluding hydrogens is 292 g/mol. The molecule has 3 rings (SSSR count). The molecule has 0 spiro atoms. The van der Waals surface area contributed by atoms with E-state index in [9.17, 15) is 9.59 Å². The molecule has 0 aliphatic rings. The van der Waals surface area contributed by atoms with Crippen molar-refractivity contribution in [3.05, 3.63) is 59.9 Å². The molecule has 0 fully saturated rings. The van der Waals surface area contributed by atoms with E-state index in [1.807, 2.05) is 17.7 Å². The average molecular weight is 308 g/mol. The van der Waals surface area contributed by atoms with E-state index in [2.05, 4.69) is 10.3 Å². The molecule has 6 heteroatoms. The highest BCUT2D eigenvalue weighted by atomic mass is 16.2. The fourth-order valence-electron chi connectivity index (χ4n) is 2.39. The van der Waals surface area contributed by atoms with Gasteiger partial charge in [0.05, 0.1) is 23.8 Å². The number of imidazole rings is 1. The molecule has 0 aliphatic heterocycles. The minimum atomic E-state index is -0.384. The number of amides is 2. The van der Waals surface area contributed by atoms with Crippen molar-refractivity contribution in [1.82, 2.24) is 9.55 Å². The Bertz CT molecular complexity index is 881. The largest absolute Gasteiger partial charge is 0.369 e. The summed E-state index contributed by atoms with van der Waals surface area (Å²) in [6.07, 6.45) is 1.90. The standard InChI is InChI=1S/C17H16N4O2/c1-21-10-19-14-9-12(4-7-15(14)21)17(23)20-13-5-2-11(3-6-13)8-16(18)22/h2-7,9-10H,8H2,1H3,(H2,18,22)(H,20,23). The number of nitrogens with zero attached hydrogens (tertiary/aromatic N) is 2. The number of primary amides is 1. The van der Waals surface area contributed by atoms with Crippen LogP contribution < -0.4 is 11.1 Å². The average Bonchev–Trinajstić information content (AvgIpc) is 2.89. The van der Waals surface area contributed by atoms with Crippen LogP contribution in [0, 0.1) is 0 Å². The monoisotopic (exact) mass is 308 g/mol. The van der Waals surface area contributed by atoms with Gasteiger partial charge in [-0.05, 0) is 35.9 Å². The summed E-state index contributed by atoms with van der Waals surface area (Å²) in [5, 5.41) is 2.82. The Balaban J connectivity index is 1.75. The molecule has 2 amide bonds. The predicted molar refractivity (Wildman–Crippen MR) is 88.0 cm³/mol. The summed E-state index contributed by atoms with van der Waals surface area (Å²) in [7, 11) is 1.91. The van der Waals surface area contributed by atoms with Crippen LogP contribution >= 0.6 is 0 Å². The zero-order valence-corrected chi connectivity index (χ0v) is 12.6. The van der Waals surface area contributed by atoms with Crippen molar-refractivity contribution in [2.75, 3.05) is 5.32 Å². The number of rotatable bonds is 4. The first-order chi connectivity index (χ1) is 11.0. The number of aryl methyl sites for hydroxylation is 1. The van der Waals surface area contributed by atoms with Gasteiger partial charge in [0, 0.05) is 18.3 Å². The maximum Gasteiger partial charge on any atom is 0.255 e. The van der Waals surface area contributed by atoms with E-state index < -0.39 is 0 Å². The summed E-state index contributed by atoms with van der Waals surface area (Å²) in [5.74, 6) is -0.592. The molecule has 0 unspecified atom stereocenters. The van der Waals surface area contributed by atoms with Gasteiger partial charge in [0.2, 0.25) is 5.91 Å². The molecule has 3 aromatic rings. The topological polar surface area (TPSA) is 90.0 Å². The first-order valence-corrected chi connectivity index (χ1v) is 7.12. The molecule has 0 saturated carbocycles. The van der Waals surface area contributed by atoms with Crippen molar-refractivity contribution in [2.45, 2.75) is 6.42 Å². The van der Waals surface area contributed by atoms with E-state index in [1.165, 1.54) is 0 Å². The van der Waals surface area contributed by atoms with E-state index in [0.29, 0.717) is 11.3 Å². The quantitative estimate of drug-likeness (QED) is 0.770. The minimum Gasteiger partial charge on any atom is -0.369 e. The molecule has 23 heavy (non-hydrogen) atoms. The van der Waals surface area contributed by atoms with Crippen molar-refractivity contribution >= 4 is 28.5 Å². The van der Waals surface area contributed by atoms with Crippen molar-refractivity contribution in [3.63, 3.8) is 0 Å². The number of anilines is 1. The Morgan fingerprint density at radius 3 is 2.61 bits per heavy atom. The van der Waals surface area contributed by atoms with E-state index in [4.69, 9.17) is 5.73 Å². The van der Waals surface area contributed by atoms with Gasteiger partial charge in [-0.15, -0.1) is 0 Å². The van der Waals surface area contributed by atoms with Crippen LogP contribution in [0.15, 0.2) is 48.8 Å². The Labute approximate surface area is 132 Å². The normalized spacial score (nSPS) is 10.7. The lowest BCUT2D eigenvalue weighted by Gasteiger charge is -2.06. The lowest BCUT2D eigenvalue weighted by molar-refractivity contribution is -0.117. The zero-order chi connectivity index (χ0) is 16.4. The summed E-state index contributed by atoms with van der Waals surface area (Å²) in [6, 6.07) is 12.4. The molecule has 0 aliphatic carbocycles. The third-order valence-corrected chi connectivity index (χ3v) is 3.58. The van der Waals surface area contributed by atoms with Crippen LogP contribution in [0.1, 0.15) is 15.9 Å². The number of hydrogen-bond acceptors (Lipinski definition) is 3. The van der Waals surface area contributed by atoms with Crippen molar-refractivity contribution in [3.8, 4) is 0 Å². The lowest BCUT2D eigenvalue weighted by Crippen LogP contribution is -2.14. The second kappa shape index (κ2) is 5.92. The maximum absolute atomic E-state index is 12.3. The van der Waals surface area contributed by atoms with Crippen LogP contribution in [0.4, 0.5) is 5.69 Å². The second-order valence-corrected chi connectivity index (χ2v) is 5.35. The number of nitrogens with two attached hydrogens (primary N) is 1. The van der Waals surface area contributed by atoms with Crippen LogP contribution in [-0.4, -0.2) is 21.4 Å². The van der Waals surface area contributed by atoms with Crippen LogP contribution in [0.2, 0.25) is 0 Å². The molecular formula is C17H16N4O2. The minimum absolute atomic E-state index is 0.185. The number of carbonyl (C=O) groups excluding carboxylic acids is 2. The Kier molecular flexibility index (Phi) is 3.80. The Morgan fingerprint density at radius 2 is 1.91 bits per heavy atom. The van der Waals surface area contributed by atoms with Crippen LogP contribution in [0.5, 0.6) is 0 Å². The van der Waals surface area contributed by atoms with Crippen LogP contribution in [0.3, 0.4) is 0 Å². The fraction of sp³-hybridized carbons (Fsp3) is 0.118. The van der Waals surface area contributed by atoms with Gasteiger partial charge >= 0.3 is 0 Å².